The van der Waals surface area contributed by atoms with E-state index in [1.165, 1.54) is 0 Å². The number of nitrogens with two attached hydrogens (primary N) is 1. The van der Waals surface area contributed by atoms with Gasteiger partial charge in [0.15, 0.2) is 0 Å². The van der Waals surface area contributed by atoms with Crippen LogP contribution in [0.2, 0.25) is 0 Å². The van der Waals surface area contributed by atoms with Crippen LogP contribution in [0.15, 0.2) is 0 Å². The lowest BCUT2D eigenvalue weighted by molar-refractivity contribution is 0.0905. The molecule has 0 aliphatic carbocycles. The van der Waals surface area contributed by atoms with E-state index in [0.29, 0.717) is 6.54 Å². The first-order chi connectivity index (χ1) is 7.48. The number of rotatable bonds is 5. The number of aryl methyl sites for hydroxylation is 1. The molecule has 1 amide bonds. The molecule has 0 bridgehead atoms. The van der Waals surface area contributed by atoms with Crippen molar-refractivity contribution in [2.24, 2.45) is 5.73 Å². The molecule has 1 heterocycles. The van der Waals surface area contributed by atoms with E-state index in [1.807, 2.05) is 20.8 Å². The smallest absolute Gasteiger partial charge is 0.291 e. The van der Waals surface area contributed by atoms with Crippen LogP contribution in [0.5, 0.6) is 0 Å². The second kappa shape index (κ2) is 5.07. The van der Waals surface area contributed by atoms with Gasteiger partial charge in [-0.1, -0.05) is 6.92 Å². The van der Waals surface area contributed by atoms with Gasteiger partial charge in [0, 0.05) is 18.5 Å². The van der Waals surface area contributed by atoms with Crippen LogP contribution < -0.4 is 11.1 Å². The minimum absolute atomic E-state index is 0.171. The normalized spacial score (nSPS) is 11.5. The Balaban J connectivity index is 2.66. The number of nitrogens with zero attached hydrogens (tertiary/aromatic N) is 2. The first-order valence-corrected chi connectivity index (χ1v) is 5.42. The van der Waals surface area contributed by atoms with Crippen molar-refractivity contribution >= 4 is 5.91 Å². The van der Waals surface area contributed by atoms with Gasteiger partial charge in [-0.2, -0.15) is 0 Å². The molecule has 0 aromatic carbocycles. The molecule has 0 radical (unpaired) electrons. The average Bonchev–Trinajstić information content (AvgIpc) is 2.66. The Morgan fingerprint density at radius 1 is 1.56 bits per heavy atom. The van der Waals surface area contributed by atoms with Crippen molar-refractivity contribution in [3.63, 3.8) is 0 Å². The summed E-state index contributed by atoms with van der Waals surface area (Å²) in [5.74, 6) is 0.609. The molecule has 0 fully saturated rings. The second-order valence-corrected chi connectivity index (χ2v) is 4.40. The van der Waals surface area contributed by atoms with Crippen molar-refractivity contribution in [1.82, 2.24) is 20.5 Å². The van der Waals surface area contributed by atoms with Crippen LogP contribution in [0, 0.1) is 0 Å². The number of carbonyl (C=O) groups excluding carboxylic acids is 1. The standard InChI is InChI=1S/C10H19N5O/c1-4-5-7-12-8(15-14-7)9(16)13-10(2,3)6-11/h4-6,11H2,1-3H3,(H,13,16)(H,12,14,15). The molecular weight excluding hydrogens is 206 g/mol. The summed E-state index contributed by atoms with van der Waals surface area (Å²) in [6, 6.07) is 0. The predicted octanol–water partition coefficient (Wildman–Crippen LogP) is 0.224. The zero-order valence-electron chi connectivity index (χ0n) is 10.0. The Labute approximate surface area is 95.0 Å². The van der Waals surface area contributed by atoms with Crippen LogP contribution >= 0.6 is 0 Å². The van der Waals surface area contributed by atoms with Crippen molar-refractivity contribution in [3.8, 4) is 0 Å². The van der Waals surface area contributed by atoms with Crippen LogP contribution in [-0.4, -0.2) is 33.2 Å². The lowest BCUT2D eigenvalue weighted by Crippen LogP contribution is -2.49. The molecule has 0 aliphatic rings. The molecule has 4 N–H and O–H groups in total. The number of nitrogens with one attached hydrogen (secondary N) is 2. The Bertz CT molecular complexity index is 358. The maximum Gasteiger partial charge on any atom is 0.291 e. The van der Waals surface area contributed by atoms with E-state index in [2.05, 4.69) is 20.5 Å². The molecule has 1 rings (SSSR count). The van der Waals surface area contributed by atoms with Gasteiger partial charge in [0.2, 0.25) is 5.82 Å². The fraction of sp³-hybridized carbons (Fsp3) is 0.700. The van der Waals surface area contributed by atoms with Gasteiger partial charge in [-0.05, 0) is 20.3 Å². The summed E-state index contributed by atoms with van der Waals surface area (Å²) >= 11 is 0. The van der Waals surface area contributed by atoms with Crippen LogP contribution in [0.1, 0.15) is 43.6 Å². The van der Waals surface area contributed by atoms with E-state index < -0.39 is 5.54 Å². The molecule has 0 spiro atoms. The van der Waals surface area contributed by atoms with Gasteiger partial charge in [-0.15, -0.1) is 5.10 Å². The Hall–Kier alpha value is -1.43. The summed E-state index contributed by atoms with van der Waals surface area (Å²) in [5.41, 5.74) is 5.08. The van der Waals surface area contributed by atoms with Crippen LogP contribution in [0.3, 0.4) is 0 Å². The minimum atomic E-state index is -0.442. The first kappa shape index (κ1) is 12.6. The number of hydrogen-bond donors (Lipinski definition) is 3. The van der Waals surface area contributed by atoms with E-state index in [9.17, 15) is 4.79 Å². The molecule has 6 nitrogen and oxygen atoms in total. The van der Waals surface area contributed by atoms with Crippen molar-refractivity contribution in [1.29, 1.82) is 0 Å². The van der Waals surface area contributed by atoms with Crippen molar-refractivity contribution in [2.75, 3.05) is 6.54 Å². The Morgan fingerprint density at radius 2 is 2.25 bits per heavy atom. The molecule has 6 heteroatoms. The Kier molecular flexibility index (Phi) is 4.00. The highest BCUT2D eigenvalue weighted by molar-refractivity contribution is 5.90. The fourth-order valence-electron chi connectivity index (χ4n) is 1.16. The molecular formula is C10H19N5O. The lowest BCUT2D eigenvalue weighted by Gasteiger charge is -2.23. The molecule has 0 unspecified atom stereocenters. The van der Waals surface area contributed by atoms with Gasteiger partial charge in [-0.25, -0.2) is 4.98 Å². The Morgan fingerprint density at radius 3 is 2.81 bits per heavy atom. The van der Waals surface area contributed by atoms with Crippen LogP contribution in [-0.2, 0) is 6.42 Å². The topological polar surface area (TPSA) is 96.7 Å². The van der Waals surface area contributed by atoms with E-state index >= 15 is 0 Å². The quantitative estimate of drug-likeness (QED) is 0.668. The van der Waals surface area contributed by atoms with Crippen molar-refractivity contribution in [3.05, 3.63) is 11.6 Å². The number of aromatic nitrogens is 3. The molecule has 16 heavy (non-hydrogen) atoms. The average molecular weight is 225 g/mol. The monoisotopic (exact) mass is 225 g/mol. The number of H-pyrrole nitrogens is 1. The molecule has 1 aromatic rings. The van der Waals surface area contributed by atoms with E-state index in [1.54, 1.807) is 0 Å². The summed E-state index contributed by atoms with van der Waals surface area (Å²) in [7, 11) is 0. The van der Waals surface area contributed by atoms with Gasteiger partial charge >= 0.3 is 0 Å². The summed E-state index contributed by atoms with van der Waals surface area (Å²) in [6.45, 7) is 6.11. The van der Waals surface area contributed by atoms with Gasteiger partial charge in [-0.3, -0.25) is 9.89 Å². The first-order valence-electron chi connectivity index (χ1n) is 5.42. The van der Waals surface area contributed by atoms with Crippen LogP contribution in [0.4, 0.5) is 0 Å². The molecule has 0 saturated carbocycles. The highest BCUT2D eigenvalue weighted by Crippen LogP contribution is 2.02. The lowest BCUT2D eigenvalue weighted by atomic mass is 10.1. The maximum atomic E-state index is 11.7. The third-order valence-corrected chi connectivity index (χ3v) is 2.18. The summed E-state index contributed by atoms with van der Waals surface area (Å²) in [6.07, 6.45) is 1.76. The van der Waals surface area contributed by atoms with Gasteiger partial charge in [0.1, 0.15) is 5.82 Å². The van der Waals surface area contributed by atoms with Crippen molar-refractivity contribution < 1.29 is 4.79 Å². The number of amides is 1. The van der Waals surface area contributed by atoms with Gasteiger partial charge in [0.25, 0.3) is 5.91 Å². The van der Waals surface area contributed by atoms with E-state index in [4.69, 9.17) is 5.73 Å². The summed E-state index contributed by atoms with van der Waals surface area (Å²) < 4.78 is 0. The summed E-state index contributed by atoms with van der Waals surface area (Å²) in [5, 5.41) is 9.37. The van der Waals surface area contributed by atoms with Crippen LogP contribution in [0.25, 0.3) is 0 Å². The zero-order valence-corrected chi connectivity index (χ0v) is 10.0. The minimum Gasteiger partial charge on any atom is -0.343 e. The van der Waals surface area contributed by atoms with Crippen molar-refractivity contribution in [2.45, 2.75) is 39.2 Å². The van der Waals surface area contributed by atoms with E-state index in [-0.39, 0.29) is 11.7 Å². The number of aromatic amines is 1. The largest absolute Gasteiger partial charge is 0.343 e. The SMILES string of the molecule is CCCc1nc(C(=O)NC(C)(C)CN)n[nH]1. The van der Waals surface area contributed by atoms with Gasteiger partial charge < -0.3 is 11.1 Å². The maximum absolute atomic E-state index is 11.7. The molecule has 1 aromatic heterocycles. The zero-order chi connectivity index (χ0) is 12.2. The second-order valence-electron chi connectivity index (χ2n) is 4.40. The molecule has 0 atom stereocenters. The molecule has 0 saturated heterocycles. The third kappa shape index (κ3) is 3.30. The third-order valence-electron chi connectivity index (χ3n) is 2.18. The number of hydrogen-bond acceptors (Lipinski definition) is 4. The predicted molar refractivity (Wildman–Crippen MR) is 61.0 cm³/mol. The highest BCUT2D eigenvalue weighted by atomic mass is 16.2. The highest BCUT2D eigenvalue weighted by Gasteiger charge is 2.21. The van der Waals surface area contributed by atoms with Gasteiger partial charge in [0.05, 0.1) is 0 Å². The molecule has 90 valence electrons. The summed E-state index contributed by atoms with van der Waals surface area (Å²) in [4.78, 5) is 15.8. The fourth-order valence-corrected chi connectivity index (χ4v) is 1.16. The number of carbonyl (C=O) groups is 1. The van der Waals surface area contributed by atoms with E-state index in [0.717, 1.165) is 18.7 Å². The molecule has 0 aliphatic heterocycles.